The monoisotopic (exact) mass is 270 g/mol. The summed E-state index contributed by atoms with van der Waals surface area (Å²) in [5, 5.41) is 3.61. The normalized spacial score (nSPS) is 11.7. The van der Waals surface area contributed by atoms with Gasteiger partial charge in [0.15, 0.2) is 0 Å². The highest BCUT2D eigenvalue weighted by Crippen LogP contribution is 2.23. The van der Waals surface area contributed by atoms with Gasteiger partial charge in [-0.15, -0.1) is 0 Å². The molecule has 0 radical (unpaired) electrons. The molecular weight excluding hydrogens is 257 g/mol. The lowest BCUT2D eigenvalue weighted by molar-refractivity contribution is -0.134. The number of alkyl halides is 3. The van der Waals surface area contributed by atoms with Crippen molar-refractivity contribution in [3.8, 4) is 0 Å². The second-order valence-corrected chi connectivity index (χ2v) is 4.09. The summed E-state index contributed by atoms with van der Waals surface area (Å²) in [7, 11) is 0. The third-order valence-electron chi connectivity index (χ3n) is 2.55. The van der Waals surface area contributed by atoms with E-state index >= 15 is 0 Å². The number of aromatic nitrogens is 2. The van der Waals surface area contributed by atoms with Crippen molar-refractivity contribution in [2.75, 3.05) is 17.6 Å². The third kappa shape index (κ3) is 3.70. The molecule has 0 fully saturated rings. The first-order valence-corrected chi connectivity index (χ1v) is 5.78. The van der Waals surface area contributed by atoms with Gasteiger partial charge in [0.2, 0.25) is 5.95 Å². The number of halogens is 3. The van der Waals surface area contributed by atoms with Crippen molar-refractivity contribution >= 4 is 22.7 Å². The maximum Gasteiger partial charge on any atom is 0.389 e. The zero-order valence-corrected chi connectivity index (χ0v) is 10.0. The van der Waals surface area contributed by atoms with E-state index in [1.165, 1.54) is 0 Å². The van der Waals surface area contributed by atoms with Crippen LogP contribution in [0.5, 0.6) is 0 Å². The van der Waals surface area contributed by atoms with Crippen LogP contribution in [0.1, 0.15) is 12.8 Å². The molecule has 2 rings (SSSR count). The van der Waals surface area contributed by atoms with Crippen LogP contribution in [0.3, 0.4) is 0 Å². The number of nitrogens with one attached hydrogen (secondary N) is 1. The summed E-state index contributed by atoms with van der Waals surface area (Å²) in [5.41, 5.74) is 6.22. The van der Waals surface area contributed by atoms with E-state index in [1.807, 2.05) is 12.1 Å². The molecule has 19 heavy (non-hydrogen) atoms. The lowest BCUT2D eigenvalue weighted by Crippen LogP contribution is -2.12. The number of hydrogen-bond acceptors (Lipinski definition) is 4. The molecule has 0 bridgehead atoms. The zero-order chi connectivity index (χ0) is 13.9. The maximum absolute atomic E-state index is 12.0. The second-order valence-electron chi connectivity index (χ2n) is 4.09. The number of benzene rings is 1. The molecule has 1 aromatic heterocycles. The van der Waals surface area contributed by atoms with E-state index in [-0.39, 0.29) is 18.9 Å². The first-order valence-electron chi connectivity index (χ1n) is 5.78. The third-order valence-corrected chi connectivity index (χ3v) is 2.55. The molecule has 0 aliphatic rings. The van der Waals surface area contributed by atoms with E-state index in [2.05, 4.69) is 15.3 Å². The fourth-order valence-electron chi connectivity index (χ4n) is 1.72. The molecule has 1 heterocycles. The number of nitrogen functional groups attached to an aromatic ring is 1. The summed E-state index contributed by atoms with van der Waals surface area (Å²) in [5.74, 6) is 0.558. The smallest absolute Gasteiger partial charge is 0.369 e. The molecule has 0 unspecified atom stereocenters. The number of para-hydroxylation sites is 1. The van der Waals surface area contributed by atoms with Gasteiger partial charge in [-0.3, -0.25) is 0 Å². The van der Waals surface area contributed by atoms with Crippen LogP contribution in [0, 0.1) is 0 Å². The van der Waals surface area contributed by atoms with Crippen LogP contribution in [-0.2, 0) is 0 Å². The van der Waals surface area contributed by atoms with Crippen molar-refractivity contribution in [3.63, 3.8) is 0 Å². The molecule has 0 atom stereocenters. The van der Waals surface area contributed by atoms with E-state index in [9.17, 15) is 13.2 Å². The predicted octanol–water partition coefficient (Wildman–Crippen LogP) is 2.97. The first kappa shape index (κ1) is 13.4. The van der Waals surface area contributed by atoms with Crippen LogP contribution in [-0.4, -0.2) is 22.7 Å². The minimum atomic E-state index is -4.13. The average Bonchev–Trinajstić information content (AvgIpc) is 2.33. The van der Waals surface area contributed by atoms with Crippen LogP contribution in [0.4, 0.5) is 24.9 Å². The molecule has 0 amide bonds. The molecule has 0 aliphatic heterocycles. The minimum Gasteiger partial charge on any atom is -0.369 e. The SMILES string of the molecule is Nc1nc(NCCCC(F)(F)F)c2ccccc2n1. The number of hydrogen-bond donors (Lipinski definition) is 2. The van der Waals surface area contributed by atoms with Crippen molar-refractivity contribution < 1.29 is 13.2 Å². The summed E-state index contributed by atoms with van der Waals surface area (Å²) in [4.78, 5) is 8.06. The van der Waals surface area contributed by atoms with E-state index in [0.29, 0.717) is 11.3 Å². The summed E-state index contributed by atoms with van der Waals surface area (Å²) < 4.78 is 36.1. The van der Waals surface area contributed by atoms with Gasteiger partial charge in [-0.2, -0.15) is 18.2 Å². The Morgan fingerprint density at radius 1 is 1.16 bits per heavy atom. The molecule has 0 spiro atoms. The molecule has 0 saturated heterocycles. The van der Waals surface area contributed by atoms with Gasteiger partial charge in [0.25, 0.3) is 0 Å². The summed E-state index contributed by atoms with van der Waals surface area (Å²) >= 11 is 0. The van der Waals surface area contributed by atoms with Gasteiger partial charge in [0.05, 0.1) is 5.52 Å². The van der Waals surface area contributed by atoms with Gasteiger partial charge in [0.1, 0.15) is 5.82 Å². The van der Waals surface area contributed by atoms with Gasteiger partial charge in [-0.05, 0) is 18.6 Å². The Kier molecular flexibility index (Phi) is 3.73. The molecule has 102 valence electrons. The molecule has 3 N–H and O–H groups in total. The number of fused-ring (bicyclic) bond motifs is 1. The number of nitrogens with two attached hydrogens (primary N) is 1. The van der Waals surface area contributed by atoms with Gasteiger partial charge in [-0.1, -0.05) is 12.1 Å². The number of anilines is 2. The Bertz CT molecular complexity index is 568. The fraction of sp³-hybridized carbons (Fsp3) is 0.333. The van der Waals surface area contributed by atoms with Gasteiger partial charge in [-0.25, -0.2) is 4.98 Å². The van der Waals surface area contributed by atoms with Gasteiger partial charge >= 0.3 is 6.18 Å². The average molecular weight is 270 g/mol. The highest BCUT2D eigenvalue weighted by molar-refractivity contribution is 5.89. The topological polar surface area (TPSA) is 63.8 Å². The van der Waals surface area contributed by atoms with E-state index in [0.717, 1.165) is 5.39 Å². The van der Waals surface area contributed by atoms with Crippen molar-refractivity contribution in [1.29, 1.82) is 0 Å². The van der Waals surface area contributed by atoms with Crippen LogP contribution in [0.15, 0.2) is 24.3 Å². The summed E-state index contributed by atoms with van der Waals surface area (Å²) in [6.45, 7) is 0.181. The fourth-order valence-corrected chi connectivity index (χ4v) is 1.72. The van der Waals surface area contributed by atoms with E-state index in [1.54, 1.807) is 12.1 Å². The molecule has 0 aliphatic carbocycles. The highest BCUT2D eigenvalue weighted by atomic mass is 19.4. The molecule has 7 heteroatoms. The second kappa shape index (κ2) is 5.29. The quantitative estimate of drug-likeness (QED) is 0.838. The largest absolute Gasteiger partial charge is 0.389 e. The Balaban J connectivity index is 2.08. The predicted molar refractivity (Wildman–Crippen MR) is 67.7 cm³/mol. The number of nitrogens with zero attached hydrogens (tertiary/aromatic N) is 2. The highest BCUT2D eigenvalue weighted by Gasteiger charge is 2.25. The van der Waals surface area contributed by atoms with Crippen molar-refractivity contribution in [1.82, 2.24) is 9.97 Å². The van der Waals surface area contributed by atoms with Crippen molar-refractivity contribution in [3.05, 3.63) is 24.3 Å². The standard InChI is InChI=1S/C12H13F3N4/c13-12(14,15)6-3-7-17-10-8-4-1-2-5-9(8)18-11(16)19-10/h1-2,4-5H,3,6-7H2,(H3,16,17,18,19). The lowest BCUT2D eigenvalue weighted by Gasteiger charge is -2.10. The van der Waals surface area contributed by atoms with Gasteiger partial charge in [0, 0.05) is 18.4 Å². The van der Waals surface area contributed by atoms with Crippen molar-refractivity contribution in [2.45, 2.75) is 19.0 Å². The van der Waals surface area contributed by atoms with Crippen molar-refractivity contribution in [2.24, 2.45) is 0 Å². The molecule has 4 nitrogen and oxygen atoms in total. The summed E-state index contributed by atoms with van der Waals surface area (Å²) in [6.07, 6.45) is -4.96. The van der Waals surface area contributed by atoms with Crippen LogP contribution < -0.4 is 11.1 Å². The lowest BCUT2D eigenvalue weighted by atomic mass is 10.2. The van der Waals surface area contributed by atoms with Gasteiger partial charge < -0.3 is 11.1 Å². The van der Waals surface area contributed by atoms with E-state index in [4.69, 9.17) is 5.73 Å². The Morgan fingerprint density at radius 2 is 1.89 bits per heavy atom. The number of rotatable bonds is 4. The Morgan fingerprint density at radius 3 is 2.63 bits per heavy atom. The molecular formula is C12H13F3N4. The molecule has 0 saturated carbocycles. The molecule has 2 aromatic rings. The van der Waals surface area contributed by atoms with Crippen LogP contribution in [0.25, 0.3) is 10.9 Å². The minimum absolute atomic E-state index is 0.0122. The Labute approximate surface area is 107 Å². The Hall–Kier alpha value is -2.05. The van der Waals surface area contributed by atoms with Crippen LogP contribution >= 0.6 is 0 Å². The summed E-state index contributed by atoms with van der Waals surface area (Å²) in [6, 6.07) is 7.18. The molecule has 1 aromatic carbocycles. The first-order chi connectivity index (χ1) is 8.96. The maximum atomic E-state index is 12.0. The van der Waals surface area contributed by atoms with Crippen LogP contribution in [0.2, 0.25) is 0 Å². The van der Waals surface area contributed by atoms with E-state index < -0.39 is 12.6 Å². The zero-order valence-electron chi connectivity index (χ0n) is 10.0.